The minimum atomic E-state index is 0.147. The van der Waals surface area contributed by atoms with Crippen LogP contribution in [0.3, 0.4) is 0 Å². The van der Waals surface area contributed by atoms with Crippen LogP contribution in [0.5, 0.6) is 0 Å². The molecule has 0 aromatic heterocycles. The number of amides is 2. The monoisotopic (exact) mass is 274 g/mol. The van der Waals surface area contributed by atoms with E-state index in [1.165, 1.54) is 37.9 Å². The van der Waals surface area contributed by atoms with E-state index in [0.717, 1.165) is 31.3 Å². The summed E-state index contributed by atoms with van der Waals surface area (Å²) >= 11 is 0. The molecule has 2 heterocycles. The van der Waals surface area contributed by atoms with Crippen molar-refractivity contribution in [2.75, 3.05) is 25.4 Å². The van der Waals surface area contributed by atoms with Gasteiger partial charge in [-0.15, -0.1) is 0 Å². The number of unbranched alkanes of at least 4 members (excludes halogenated alkanes) is 1. The van der Waals surface area contributed by atoms with E-state index >= 15 is 0 Å². The number of urea groups is 1. The Morgan fingerprint density at radius 3 is 2.82 bits per heavy atom. The number of hydrogen-bond donors (Lipinski definition) is 1. The van der Waals surface area contributed by atoms with Crippen molar-refractivity contribution in [3.63, 3.8) is 0 Å². The predicted octanol–water partition coefficient (Wildman–Crippen LogP) is 3.12. The summed E-state index contributed by atoms with van der Waals surface area (Å²) in [4.78, 5) is 13.6. The summed E-state index contributed by atoms with van der Waals surface area (Å²) in [7, 11) is 4.06. The molecule has 0 saturated carbocycles. The second kappa shape index (κ2) is 7.41. The Balaban J connectivity index is 1.46. The third-order valence-electron chi connectivity index (χ3n) is 3.35. The highest BCUT2D eigenvalue weighted by Crippen LogP contribution is 2.39. The first kappa shape index (κ1) is 13.4. The van der Waals surface area contributed by atoms with Crippen LogP contribution in [-0.4, -0.2) is 41.6 Å². The summed E-state index contributed by atoms with van der Waals surface area (Å²) < 4.78 is 0. The Morgan fingerprint density at radius 2 is 2.12 bits per heavy atom. The highest BCUT2D eigenvalue weighted by atomic mass is 33.1. The number of hydrogen-bond acceptors (Lipinski definition) is 3. The molecule has 0 aromatic rings. The number of nitrogens with one attached hydrogen (secondary N) is 1. The Hall–Kier alpha value is -0.0300. The number of likely N-dealkylation sites (tertiary alicyclic amines) is 1. The molecule has 0 aliphatic carbocycles. The van der Waals surface area contributed by atoms with Crippen LogP contribution in [0, 0.1) is 0 Å². The predicted molar refractivity (Wildman–Crippen MR) is 76.5 cm³/mol. The topological polar surface area (TPSA) is 32.3 Å². The smallest absolute Gasteiger partial charge is 0.317 e. The third kappa shape index (κ3) is 4.62. The lowest BCUT2D eigenvalue weighted by Gasteiger charge is -2.16. The summed E-state index contributed by atoms with van der Waals surface area (Å²) in [6, 6.07) is 0.147. The molecule has 2 aliphatic rings. The zero-order valence-corrected chi connectivity index (χ0v) is 12.0. The van der Waals surface area contributed by atoms with Crippen molar-refractivity contribution in [1.29, 1.82) is 0 Å². The summed E-state index contributed by atoms with van der Waals surface area (Å²) in [5.41, 5.74) is 0. The fraction of sp³-hybridized carbons (Fsp3) is 0.917. The van der Waals surface area contributed by atoms with Crippen LogP contribution in [0.2, 0.25) is 0 Å². The fourth-order valence-electron chi connectivity index (χ4n) is 2.29. The fourth-order valence-corrected chi connectivity index (χ4v) is 5.32. The van der Waals surface area contributed by atoms with Gasteiger partial charge in [-0.05, 0) is 32.1 Å². The van der Waals surface area contributed by atoms with Gasteiger partial charge in [-0.1, -0.05) is 28.0 Å². The molecule has 1 unspecified atom stereocenters. The first-order chi connectivity index (χ1) is 8.36. The average molecular weight is 274 g/mol. The molecule has 1 atom stereocenters. The highest BCUT2D eigenvalue weighted by molar-refractivity contribution is 8.77. The zero-order valence-electron chi connectivity index (χ0n) is 10.3. The molecular weight excluding hydrogens is 252 g/mol. The first-order valence-electron chi connectivity index (χ1n) is 6.67. The van der Waals surface area contributed by atoms with Crippen molar-refractivity contribution in [3.05, 3.63) is 0 Å². The molecule has 1 N–H and O–H groups in total. The molecule has 0 radical (unpaired) electrons. The number of nitrogens with zero attached hydrogens (tertiary/aromatic N) is 1. The quantitative estimate of drug-likeness (QED) is 0.617. The van der Waals surface area contributed by atoms with Crippen LogP contribution < -0.4 is 5.32 Å². The van der Waals surface area contributed by atoms with E-state index < -0.39 is 0 Å². The van der Waals surface area contributed by atoms with E-state index in [0.29, 0.717) is 0 Å². The van der Waals surface area contributed by atoms with E-state index in [9.17, 15) is 4.79 Å². The second-order valence-corrected chi connectivity index (χ2v) is 7.54. The van der Waals surface area contributed by atoms with Crippen LogP contribution in [-0.2, 0) is 0 Å². The molecule has 17 heavy (non-hydrogen) atoms. The van der Waals surface area contributed by atoms with Gasteiger partial charge in [0.25, 0.3) is 0 Å². The van der Waals surface area contributed by atoms with Crippen molar-refractivity contribution in [1.82, 2.24) is 10.2 Å². The molecular formula is C12H22N2OS2. The number of carbonyl (C=O) groups excluding carboxylic acids is 1. The van der Waals surface area contributed by atoms with E-state index in [2.05, 4.69) is 5.32 Å². The SMILES string of the molecule is O=C(NCCCCC1CCSS1)N1CCCC1. The molecule has 2 rings (SSSR count). The number of rotatable bonds is 5. The van der Waals surface area contributed by atoms with E-state index in [4.69, 9.17) is 0 Å². The lowest BCUT2D eigenvalue weighted by Crippen LogP contribution is -2.38. The van der Waals surface area contributed by atoms with E-state index in [1.54, 1.807) is 0 Å². The number of carbonyl (C=O) groups is 1. The zero-order chi connectivity index (χ0) is 11.9. The molecule has 5 heteroatoms. The van der Waals surface area contributed by atoms with Crippen molar-refractivity contribution in [3.8, 4) is 0 Å². The van der Waals surface area contributed by atoms with Crippen molar-refractivity contribution in [2.24, 2.45) is 0 Å². The second-order valence-electron chi connectivity index (χ2n) is 4.75. The Kier molecular flexibility index (Phi) is 5.85. The Labute approximate surface area is 112 Å². The first-order valence-corrected chi connectivity index (χ1v) is 9.05. The standard InChI is InChI=1S/C12H22N2OS2/c15-12(14-8-3-4-9-14)13-7-2-1-5-11-6-10-16-17-11/h11H,1-10H2,(H,13,15). The van der Waals surface area contributed by atoms with Crippen molar-refractivity contribution in [2.45, 2.75) is 43.8 Å². The molecule has 0 aromatic carbocycles. The normalized spacial score (nSPS) is 24.2. The maximum atomic E-state index is 11.7. The van der Waals surface area contributed by atoms with Gasteiger partial charge >= 0.3 is 6.03 Å². The molecule has 2 aliphatic heterocycles. The van der Waals surface area contributed by atoms with E-state index in [-0.39, 0.29) is 6.03 Å². The van der Waals surface area contributed by atoms with E-state index in [1.807, 2.05) is 26.5 Å². The summed E-state index contributed by atoms with van der Waals surface area (Å²) in [5.74, 6) is 1.32. The lowest BCUT2D eigenvalue weighted by molar-refractivity contribution is 0.208. The Morgan fingerprint density at radius 1 is 1.29 bits per heavy atom. The summed E-state index contributed by atoms with van der Waals surface area (Å²) in [5, 5.41) is 3.89. The molecule has 2 amide bonds. The maximum Gasteiger partial charge on any atom is 0.317 e. The van der Waals surface area contributed by atoms with Gasteiger partial charge in [0.2, 0.25) is 0 Å². The molecule has 0 spiro atoms. The lowest BCUT2D eigenvalue weighted by atomic mass is 10.1. The van der Waals surface area contributed by atoms with Gasteiger partial charge in [-0.25, -0.2) is 4.79 Å². The van der Waals surface area contributed by atoms with Crippen LogP contribution in [0.1, 0.15) is 38.5 Å². The van der Waals surface area contributed by atoms with Crippen LogP contribution in [0.25, 0.3) is 0 Å². The van der Waals surface area contributed by atoms with Crippen LogP contribution in [0.4, 0.5) is 4.79 Å². The highest BCUT2D eigenvalue weighted by Gasteiger charge is 2.17. The van der Waals surface area contributed by atoms with Gasteiger partial charge in [0.15, 0.2) is 0 Å². The van der Waals surface area contributed by atoms with Gasteiger partial charge in [-0.3, -0.25) is 0 Å². The minimum Gasteiger partial charge on any atom is -0.338 e. The van der Waals surface area contributed by atoms with Crippen LogP contribution >= 0.6 is 21.6 Å². The van der Waals surface area contributed by atoms with Gasteiger partial charge in [0, 0.05) is 30.6 Å². The third-order valence-corrected chi connectivity index (χ3v) is 6.36. The largest absolute Gasteiger partial charge is 0.338 e. The summed E-state index contributed by atoms with van der Waals surface area (Å²) in [6.07, 6.45) is 7.40. The van der Waals surface area contributed by atoms with Gasteiger partial charge in [-0.2, -0.15) is 0 Å². The molecule has 98 valence electrons. The summed E-state index contributed by atoms with van der Waals surface area (Å²) in [6.45, 7) is 2.74. The van der Waals surface area contributed by atoms with Gasteiger partial charge in [0.1, 0.15) is 0 Å². The molecule has 3 nitrogen and oxygen atoms in total. The molecule has 0 bridgehead atoms. The van der Waals surface area contributed by atoms with Gasteiger partial charge in [0.05, 0.1) is 0 Å². The average Bonchev–Trinajstić information content (AvgIpc) is 3.01. The minimum absolute atomic E-state index is 0.147. The Bertz CT molecular complexity index is 239. The maximum absolute atomic E-state index is 11.7. The van der Waals surface area contributed by atoms with Crippen molar-refractivity contribution < 1.29 is 4.79 Å². The van der Waals surface area contributed by atoms with Crippen LogP contribution in [0.15, 0.2) is 0 Å². The van der Waals surface area contributed by atoms with Gasteiger partial charge < -0.3 is 10.2 Å². The molecule has 2 saturated heterocycles. The molecule has 2 fully saturated rings. The van der Waals surface area contributed by atoms with Crippen molar-refractivity contribution >= 4 is 27.6 Å².